The first kappa shape index (κ1) is 23.8. The third-order valence-electron chi connectivity index (χ3n) is 5.76. The van der Waals surface area contributed by atoms with E-state index in [0.29, 0.717) is 30.0 Å². The number of nitrogens with zero attached hydrogens (tertiary/aromatic N) is 4. The van der Waals surface area contributed by atoms with Crippen LogP contribution in [0.1, 0.15) is 29.1 Å². The SMILES string of the molecule is CC(Oc1cc(-c2ccc(N)nc2)cnc1C(=O)N1CCN(C)CC1)c1c(F)ccc(F)c1Cl. The summed E-state index contributed by atoms with van der Waals surface area (Å²) in [6.45, 7) is 4.08. The fourth-order valence-corrected chi connectivity index (χ4v) is 4.06. The summed E-state index contributed by atoms with van der Waals surface area (Å²) in [5.41, 5.74) is 6.94. The van der Waals surface area contributed by atoms with Crippen LogP contribution in [0.4, 0.5) is 14.6 Å². The predicted molar refractivity (Wildman–Crippen MR) is 126 cm³/mol. The largest absolute Gasteiger partial charge is 0.483 e. The molecule has 1 unspecified atom stereocenters. The lowest BCUT2D eigenvalue weighted by atomic mass is 10.1. The maximum absolute atomic E-state index is 14.5. The second-order valence-electron chi connectivity index (χ2n) is 8.15. The van der Waals surface area contributed by atoms with Gasteiger partial charge in [0, 0.05) is 55.3 Å². The number of aromatic nitrogens is 2. The lowest BCUT2D eigenvalue weighted by Crippen LogP contribution is -2.47. The van der Waals surface area contributed by atoms with Crippen LogP contribution < -0.4 is 10.5 Å². The van der Waals surface area contributed by atoms with E-state index in [0.717, 1.165) is 25.2 Å². The number of anilines is 1. The highest BCUT2D eigenvalue weighted by atomic mass is 35.5. The Labute approximate surface area is 201 Å². The highest BCUT2D eigenvalue weighted by Crippen LogP contribution is 2.34. The number of amides is 1. The van der Waals surface area contributed by atoms with Crippen molar-refractivity contribution in [3.63, 3.8) is 0 Å². The van der Waals surface area contributed by atoms with E-state index in [-0.39, 0.29) is 27.9 Å². The van der Waals surface area contributed by atoms with Crippen LogP contribution >= 0.6 is 11.6 Å². The van der Waals surface area contributed by atoms with Gasteiger partial charge in [-0.3, -0.25) is 4.79 Å². The lowest BCUT2D eigenvalue weighted by molar-refractivity contribution is 0.0651. The van der Waals surface area contributed by atoms with Crippen molar-refractivity contribution in [1.82, 2.24) is 19.8 Å². The van der Waals surface area contributed by atoms with Gasteiger partial charge in [0.1, 0.15) is 23.6 Å². The molecular formula is C24H24ClF2N5O2. The van der Waals surface area contributed by atoms with Crippen LogP contribution in [0.3, 0.4) is 0 Å². The number of nitrogens with two attached hydrogens (primary N) is 1. The van der Waals surface area contributed by atoms with Gasteiger partial charge in [0.2, 0.25) is 0 Å². The van der Waals surface area contributed by atoms with Crippen LogP contribution in [0.25, 0.3) is 11.1 Å². The summed E-state index contributed by atoms with van der Waals surface area (Å²) in [5.74, 6) is -1.28. The van der Waals surface area contributed by atoms with Gasteiger partial charge in [-0.05, 0) is 44.3 Å². The highest BCUT2D eigenvalue weighted by Gasteiger charge is 2.27. The predicted octanol–water partition coefficient (Wildman–Crippen LogP) is 4.19. The average Bonchev–Trinajstić information content (AvgIpc) is 2.82. The minimum atomic E-state index is -0.996. The van der Waals surface area contributed by atoms with Gasteiger partial charge < -0.3 is 20.3 Å². The number of piperazine rings is 1. The second-order valence-corrected chi connectivity index (χ2v) is 8.53. The Hall–Kier alpha value is -3.30. The van der Waals surface area contributed by atoms with Crippen LogP contribution in [0.5, 0.6) is 5.75 Å². The molecule has 0 aliphatic carbocycles. The van der Waals surface area contributed by atoms with E-state index in [1.54, 1.807) is 35.5 Å². The summed E-state index contributed by atoms with van der Waals surface area (Å²) in [4.78, 5) is 25.6. The van der Waals surface area contributed by atoms with Crippen molar-refractivity contribution in [2.45, 2.75) is 13.0 Å². The summed E-state index contributed by atoms with van der Waals surface area (Å²) >= 11 is 6.03. The molecule has 4 rings (SSSR count). The van der Waals surface area contributed by atoms with E-state index in [1.165, 1.54) is 6.92 Å². The van der Waals surface area contributed by atoms with Gasteiger partial charge in [-0.1, -0.05) is 11.6 Å². The van der Waals surface area contributed by atoms with Crippen molar-refractivity contribution in [3.05, 3.63) is 70.6 Å². The van der Waals surface area contributed by atoms with E-state index in [1.807, 2.05) is 7.05 Å². The number of hydrogen-bond donors (Lipinski definition) is 1. The molecule has 2 N–H and O–H groups in total. The monoisotopic (exact) mass is 487 g/mol. The maximum atomic E-state index is 14.5. The molecule has 1 fully saturated rings. The van der Waals surface area contributed by atoms with Crippen LogP contribution in [0, 0.1) is 11.6 Å². The van der Waals surface area contributed by atoms with Crippen LogP contribution in [0.2, 0.25) is 5.02 Å². The third kappa shape index (κ3) is 4.95. The zero-order valence-corrected chi connectivity index (χ0v) is 19.5. The van der Waals surface area contributed by atoms with Crippen molar-refractivity contribution in [3.8, 4) is 16.9 Å². The van der Waals surface area contributed by atoms with Gasteiger partial charge in [0.15, 0.2) is 11.4 Å². The molecule has 0 spiro atoms. The topological polar surface area (TPSA) is 84.6 Å². The molecule has 0 bridgehead atoms. The average molecular weight is 488 g/mol. The Balaban J connectivity index is 1.72. The first-order valence-electron chi connectivity index (χ1n) is 10.7. The summed E-state index contributed by atoms with van der Waals surface area (Å²) in [6.07, 6.45) is 2.12. The minimum absolute atomic E-state index is 0.0801. The quantitative estimate of drug-likeness (QED) is 0.543. The fraction of sp³-hybridized carbons (Fsp3) is 0.292. The molecule has 7 nitrogen and oxygen atoms in total. The molecule has 1 atom stereocenters. The molecule has 3 heterocycles. The van der Waals surface area contributed by atoms with Gasteiger partial charge in [0.05, 0.1) is 5.02 Å². The number of carbonyl (C=O) groups excluding carboxylic acids is 1. The first-order chi connectivity index (χ1) is 16.2. The number of pyridine rings is 2. The molecule has 1 aromatic carbocycles. The lowest BCUT2D eigenvalue weighted by Gasteiger charge is -2.32. The van der Waals surface area contributed by atoms with E-state index in [4.69, 9.17) is 22.1 Å². The van der Waals surface area contributed by atoms with Gasteiger partial charge in [-0.2, -0.15) is 0 Å². The number of rotatable bonds is 5. The Bertz CT molecular complexity index is 1200. The van der Waals surface area contributed by atoms with E-state index < -0.39 is 17.7 Å². The van der Waals surface area contributed by atoms with Crippen LogP contribution in [0.15, 0.2) is 42.7 Å². The Morgan fingerprint density at radius 2 is 1.74 bits per heavy atom. The normalized spacial score (nSPS) is 15.3. The summed E-state index contributed by atoms with van der Waals surface area (Å²) < 4.78 is 34.5. The molecule has 1 aliphatic heterocycles. The molecule has 1 amide bonds. The molecule has 34 heavy (non-hydrogen) atoms. The van der Waals surface area contributed by atoms with Crippen molar-refractivity contribution in [2.24, 2.45) is 0 Å². The molecule has 1 saturated heterocycles. The number of benzene rings is 1. The number of carbonyl (C=O) groups is 1. The van der Waals surface area contributed by atoms with Crippen LogP contribution in [-0.4, -0.2) is 58.9 Å². The highest BCUT2D eigenvalue weighted by molar-refractivity contribution is 6.31. The Morgan fingerprint density at radius 3 is 2.41 bits per heavy atom. The molecule has 1 aliphatic rings. The van der Waals surface area contributed by atoms with E-state index >= 15 is 0 Å². The number of likely N-dealkylation sites (N-methyl/N-ethyl adjacent to an activating group) is 1. The van der Waals surface area contributed by atoms with Gasteiger partial charge in [-0.15, -0.1) is 0 Å². The van der Waals surface area contributed by atoms with Gasteiger partial charge in [-0.25, -0.2) is 18.7 Å². The number of halogens is 3. The van der Waals surface area contributed by atoms with Crippen molar-refractivity contribution in [2.75, 3.05) is 39.0 Å². The van der Waals surface area contributed by atoms with Crippen molar-refractivity contribution in [1.29, 1.82) is 0 Å². The fourth-order valence-electron chi connectivity index (χ4n) is 3.75. The van der Waals surface area contributed by atoms with Gasteiger partial charge in [0.25, 0.3) is 5.91 Å². The van der Waals surface area contributed by atoms with E-state index in [2.05, 4.69) is 14.9 Å². The maximum Gasteiger partial charge on any atom is 0.276 e. The first-order valence-corrected chi connectivity index (χ1v) is 11.1. The zero-order chi connectivity index (χ0) is 24.4. The van der Waals surface area contributed by atoms with Crippen LogP contribution in [-0.2, 0) is 0 Å². The summed E-state index contributed by atoms with van der Waals surface area (Å²) in [7, 11) is 1.99. The molecular weight excluding hydrogens is 464 g/mol. The number of ether oxygens (including phenoxy) is 1. The summed E-state index contributed by atoms with van der Waals surface area (Å²) in [6, 6.07) is 6.97. The molecule has 2 aromatic heterocycles. The zero-order valence-electron chi connectivity index (χ0n) is 18.8. The third-order valence-corrected chi connectivity index (χ3v) is 6.14. The molecule has 10 heteroatoms. The van der Waals surface area contributed by atoms with Crippen molar-refractivity contribution >= 4 is 23.3 Å². The van der Waals surface area contributed by atoms with Crippen molar-refractivity contribution < 1.29 is 18.3 Å². The standard InChI is InChI=1S/C24H24ClF2N5O2/c1-14(21-17(26)4-5-18(27)22(21)25)34-19-11-16(15-3-6-20(28)29-12-15)13-30-23(19)24(33)32-9-7-31(2)8-10-32/h3-6,11-14H,7-10H2,1-2H3,(H2,28,29). The molecule has 178 valence electrons. The Morgan fingerprint density at radius 1 is 1.06 bits per heavy atom. The molecule has 0 radical (unpaired) electrons. The smallest absolute Gasteiger partial charge is 0.276 e. The second kappa shape index (κ2) is 9.90. The molecule has 3 aromatic rings. The number of hydrogen-bond acceptors (Lipinski definition) is 6. The van der Waals surface area contributed by atoms with E-state index in [9.17, 15) is 13.6 Å². The van der Waals surface area contributed by atoms with Gasteiger partial charge >= 0.3 is 0 Å². The Kier molecular flexibility index (Phi) is 6.95. The summed E-state index contributed by atoms with van der Waals surface area (Å²) in [5, 5.41) is -0.369. The molecule has 0 saturated carbocycles. The minimum Gasteiger partial charge on any atom is -0.483 e. The number of nitrogen functional groups attached to an aromatic ring is 1.